The van der Waals surface area contributed by atoms with Gasteiger partial charge in [-0.3, -0.25) is 0 Å². The Balaban J connectivity index is 1.71. The highest BCUT2D eigenvalue weighted by atomic mass is 16.5. The van der Waals surface area contributed by atoms with Crippen molar-refractivity contribution in [2.75, 3.05) is 26.4 Å². The van der Waals surface area contributed by atoms with Gasteiger partial charge >= 0.3 is 0 Å². The average molecular weight is 395 g/mol. The van der Waals surface area contributed by atoms with Crippen molar-refractivity contribution in [1.29, 1.82) is 0 Å². The van der Waals surface area contributed by atoms with Crippen LogP contribution in [0.15, 0.2) is 73.3 Å². The lowest BCUT2D eigenvalue weighted by Crippen LogP contribution is -2.07. The lowest BCUT2D eigenvalue weighted by atomic mass is 10.1. The molecule has 0 aliphatic carbocycles. The van der Waals surface area contributed by atoms with Gasteiger partial charge < -0.3 is 14.2 Å². The molecule has 0 saturated carbocycles. The van der Waals surface area contributed by atoms with Crippen molar-refractivity contribution in [2.24, 2.45) is 0 Å². The predicted molar refractivity (Wildman–Crippen MR) is 122 cm³/mol. The Bertz CT molecular complexity index is 717. The lowest BCUT2D eigenvalue weighted by Gasteiger charge is -2.09. The minimum Gasteiger partial charge on any atom is -0.494 e. The zero-order chi connectivity index (χ0) is 20.7. The molecule has 0 aliphatic heterocycles. The Kier molecular flexibility index (Phi) is 10.7. The van der Waals surface area contributed by atoms with Gasteiger partial charge in [-0.25, -0.2) is 0 Å². The molecule has 0 amide bonds. The molecule has 0 bridgehead atoms. The van der Waals surface area contributed by atoms with Crippen LogP contribution in [0.4, 0.5) is 0 Å². The van der Waals surface area contributed by atoms with E-state index in [1.165, 1.54) is 24.8 Å². The van der Waals surface area contributed by atoms with Crippen molar-refractivity contribution in [3.8, 4) is 22.6 Å². The highest BCUT2D eigenvalue weighted by Gasteiger charge is 2.01. The second-order valence-corrected chi connectivity index (χ2v) is 7.03. The van der Waals surface area contributed by atoms with Crippen LogP contribution >= 0.6 is 0 Å². The number of benzene rings is 2. The van der Waals surface area contributed by atoms with Gasteiger partial charge in [-0.05, 0) is 48.2 Å². The van der Waals surface area contributed by atoms with Crippen molar-refractivity contribution < 1.29 is 14.2 Å². The molecule has 29 heavy (non-hydrogen) atoms. The fourth-order valence-electron chi connectivity index (χ4n) is 2.83. The third-order valence-electron chi connectivity index (χ3n) is 4.66. The molecule has 2 aromatic carbocycles. The van der Waals surface area contributed by atoms with Gasteiger partial charge in [0.1, 0.15) is 18.1 Å². The van der Waals surface area contributed by atoms with Gasteiger partial charge in [0.05, 0.1) is 19.8 Å². The van der Waals surface area contributed by atoms with Gasteiger partial charge in [0, 0.05) is 0 Å². The third kappa shape index (κ3) is 9.01. The molecule has 2 rings (SSSR count). The van der Waals surface area contributed by atoms with E-state index in [1.54, 1.807) is 6.08 Å². The van der Waals surface area contributed by atoms with E-state index in [-0.39, 0.29) is 0 Å². The smallest absolute Gasteiger partial charge is 0.119 e. The monoisotopic (exact) mass is 394 g/mol. The normalized spacial score (nSPS) is 10.5. The Morgan fingerprint density at radius 1 is 0.759 bits per heavy atom. The van der Waals surface area contributed by atoms with Gasteiger partial charge in [0.15, 0.2) is 0 Å². The highest BCUT2D eigenvalue weighted by molar-refractivity contribution is 5.64. The van der Waals surface area contributed by atoms with Gasteiger partial charge in [0.25, 0.3) is 0 Å². The molecule has 156 valence electrons. The lowest BCUT2D eigenvalue weighted by molar-refractivity contribution is 0.103. The number of allylic oxidation sites excluding steroid dienone is 1. The summed E-state index contributed by atoms with van der Waals surface area (Å²) in [6, 6.07) is 16.4. The zero-order valence-corrected chi connectivity index (χ0v) is 17.7. The summed E-state index contributed by atoms with van der Waals surface area (Å²) < 4.78 is 17.1. The van der Waals surface area contributed by atoms with Crippen LogP contribution in [0, 0.1) is 0 Å². The quantitative estimate of drug-likeness (QED) is 0.244. The molecular weight excluding hydrogens is 360 g/mol. The summed E-state index contributed by atoms with van der Waals surface area (Å²) in [5.74, 6) is 1.78. The van der Waals surface area contributed by atoms with E-state index >= 15 is 0 Å². The first kappa shape index (κ1) is 22.8. The topological polar surface area (TPSA) is 27.7 Å². The Labute approximate surface area is 176 Å². The molecule has 0 aliphatic rings. The molecule has 3 nitrogen and oxygen atoms in total. The number of hydrogen-bond donors (Lipinski definition) is 0. The number of hydrogen-bond acceptors (Lipinski definition) is 3. The first-order valence-electron chi connectivity index (χ1n) is 10.6. The van der Waals surface area contributed by atoms with E-state index in [9.17, 15) is 0 Å². The second-order valence-electron chi connectivity index (χ2n) is 7.03. The summed E-state index contributed by atoms with van der Waals surface area (Å²) in [6.45, 7) is 12.3. The standard InChI is InChI=1S/C26H34O3/c1-4-6-7-8-18-28-25-13-9-23(10-14-25)24-11-15-26(16-12-24)29-21-20-27-19-17-22(3)5-2/h5,9-16H,2-4,6-8,17-21H2,1H3. The van der Waals surface area contributed by atoms with E-state index in [0.717, 1.165) is 42.1 Å². The van der Waals surface area contributed by atoms with Crippen molar-refractivity contribution in [1.82, 2.24) is 0 Å². The van der Waals surface area contributed by atoms with Gasteiger partial charge in [-0.1, -0.05) is 75.3 Å². The minimum absolute atomic E-state index is 0.532. The van der Waals surface area contributed by atoms with E-state index in [0.29, 0.717) is 19.8 Å². The molecule has 0 aromatic heterocycles. The molecule has 2 aromatic rings. The second kappa shape index (κ2) is 13.6. The van der Waals surface area contributed by atoms with Crippen molar-refractivity contribution in [2.45, 2.75) is 39.0 Å². The first-order chi connectivity index (χ1) is 14.2. The van der Waals surface area contributed by atoms with Crippen LogP contribution in [-0.4, -0.2) is 26.4 Å². The maximum absolute atomic E-state index is 5.81. The summed E-state index contributed by atoms with van der Waals surface area (Å²) >= 11 is 0. The van der Waals surface area contributed by atoms with Crippen LogP contribution in [0.2, 0.25) is 0 Å². The van der Waals surface area contributed by atoms with Gasteiger partial charge in [-0.15, -0.1) is 0 Å². The molecule has 3 heteroatoms. The molecule has 0 fully saturated rings. The Hall–Kier alpha value is -2.52. The number of rotatable bonds is 15. The van der Waals surface area contributed by atoms with E-state index < -0.39 is 0 Å². The largest absolute Gasteiger partial charge is 0.494 e. The van der Waals surface area contributed by atoms with Crippen molar-refractivity contribution in [3.63, 3.8) is 0 Å². The highest BCUT2D eigenvalue weighted by Crippen LogP contribution is 2.24. The van der Waals surface area contributed by atoms with Crippen LogP contribution < -0.4 is 9.47 Å². The van der Waals surface area contributed by atoms with Crippen LogP contribution in [-0.2, 0) is 4.74 Å². The molecule has 0 radical (unpaired) electrons. The fourth-order valence-corrected chi connectivity index (χ4v) is 2.83. The molecular formula is C26H34O3. The fraction of sp³-hybridized carbons (Fsp3) is 0.385. The summed E-state index contributed by atoms with van der Waals surface area (Å²) in [5.41, 5.74) is 3.32. The SMILES string of the molecule is C=CC(=C)CCOCCOc1ccc(-c2ccc(OCCCCCC)cc2)cc1. The van der Waals surface area contributed by atoms with E-state index in [4.69, 9.17) is 14.2 Å². The number of unbranched alkanes of at least 4 members (excludes halogenated alkanes) is 3. The molecule has 0 unspecified atom stereocenters. The summed E-state index contributed by atoms with van der Waals surface area (Å²) in [4.78, 5) is 0. The Morgan fingerprint density at radius 2 is 1.34 bits per heavy atom. The first-order valence-corrected chi connectivity index (χ1v) is 10.6. The molecule has 0 heterocycles. The maximum Gasteiger partial charge on any atom is 0.119 e. The van der Waals surface area contributed by atoms with Gasteiger partial charge in [0.2, 0.25) is 0 Å². The summed E-state index contributed by atoms with van der Waals surface area (Å²) in [5, 5.41) is 0. The molecule has 0 N–H and O–H groups in total. The minimum atomic E-state index is 0.532. The number of ether oxygens (including phenoxy) is 3. The molecule has 0 spiro atoms. The third-order valence-corrected chi connectivity index (χ3v) is 4.66. The van der Waals surface area contributed by atoms with Crippen LogP contribution in [0.5, 0.6) is 11.5 Å². The van der Waals surface area contributed by atoms with Crippen LogP contribution in [0.25, 0.3) is 11.1 Å². The van der Waals surface area contributed by atoms with Crippen molar-refractivity contribution in [3.05, 3.63) is 73.3 Å². The maximum atomic E-state index is 5.81. The van der Waals surface area contributed by atoms with Crippen molar-refractivity contribution >= 4 is 0 Å². The van der Waals surface area contributed by atoms with E-state index in [2.05, 4.69) is 44.3 Å². The molecule has 0 atom stereocenters. The van der Waals surface area contributed by atoms with Gasteiger partial charge in [-0.2, -0.15) is 0 Å². The van der Waals surface area contributed by atoms with Crippen LogP contribution in [0.1, 0.15) is 39.0 Å². The summed E-state index contributed by atoms with van der Waals surface area (Å²) in [6.07, 6.45) is 7.45. The predicted octanol–water partition coefficient (Wildman–Crippen LogP) is 6.84. The Morgan fingerprint density at radius 3 is 1.90 bits per heavy atom. The zero-order valence-electron chi connectivity index (χ0n) is 17.7. The average Bonchev–Trinajstić information content (AvgIpc) is 2.76. The molecule has 0 saturated heterocycles. The van der Waals surface area contributed by atoms with Crippen LogP contribution in [0.3, 0.4) is 0 Å². The van der Waals surface area contributed by atoms with E-state index in [1.807, 2.05) is 24.3 Å². The summed E-state index contributed by atoms with van der Waals surface area (Å²) in [7, 11) is 0.